The highest BCUT2D eigenvalue weighted by Crippen LogP contribution is 2.42. The topological polar surface area (TPSA) is 147 Å². The lowest BCUT2D eigenvalue weighted by Crippen LogP contribution is -2.35. The fourth-order valence-electron chi connectivity index (χ4n) is 6.32. The number of fused-ring (bicyclic) bond motifs is 1. The smallest absolute Gasteiger partial charge is 0.317 e. The molecule has 0 spiro atoms. The Bertz CT molecular complexity index is 1920. The summed E-state index contributed by atoms with van der Waals surface area (Å²) in [7, 11) is 1.48. The molecule has 1 saturated heterocycles. The van der Waals surface area contributed by atoms with Crippen LogP contribution in [-0.4, -0.2) is 58.9 Å². The summed E-state index contributed by atoms with van der Waals surface area (Å²) in [5.41, 5.74) is 3.84. The summed E-state index contributed by atoms with van der Waals surface area (Å²) in [6.07, 6.45) is 2.76. The average molecular weight is 710 g/mol. The standard InChI is InChI=1S/C35H35Cl2FN6O5/c1-49-30-14-19(13-25(38)24(30)17-39-16-20-10-11-31(45)41-20)21-5-2-6-22(33(21)36)23-7-3-8-27(34(23)37)42-35(48)28-15-29-26(40-18-32(46)47)9-4-12-44(29)43-28/h2-3,5-8,13-15,20,26,39-40H,4,9-12,16-18H2,1H3,(H,41,45)(H,42,48)(H,46,47)/t20-,26-/m0/s1. The van der Waals surface area contributed by atoms with E-state index in [0.717, 1.165) is 25.0 Å². The third kappa shape index (κ3) is 7.57. The molecule has 6 rings (SSSR count). The second-order valence-corrected chi connectivity index (χ2v) is 12.8. The number of ether oxygens (including phenoxy) is 1. The van der Waals surface area contributed by atoms with Crippen LogP contribution in [0.15, 0.2) is 54.6 Å². The lowest BCUT2D eigenvalue weighted by atomic mass is 9.97. The van der Waals surface area contributed by atoms with E-state index in [2.05, 4.69) is 26.4 Å². The zero-order valence-corrected chi connectivity index (χ0v) is 28.1. The molecular formula is C35H35Cl2FN6O5. The van der Waals surface area contributed by atoms with Gasteiger partial charge in [-0.2, -0.15) is 5.10 Å². The van der Waals surface area contributed by atoms with Crippen molar-refractivity contribution < 1.29 is 28.6 Å². The predicted octanol–water partition coefficient (Wildman–Crippen LogP) is 5.80. The molecule has 14 heteroatoms. The minimum atomic E-state index is -0.962. The van der Waals surface area contributed by atoms with Crippen molar-refractivity contribution in [2.45, 2.75) is 50.9 Å². The number of carbonyl (C=O) groups is 3. The van der Waals surface area contributed by atoms with E-state index >= 15 is 4.39 Å². The number of aromatic nitrogens is 2. The lowest BCUT2D eigenvalue weighted by molar-refractivity contribution is -0.136. The molecule has 0 saturated carbocycles. The molecule has 256 valence electrons. The lowest BCUT2D eigenvalue weighted by Gasteiger charge is -2.23. The number of carboxylic acid groups (broad SMARTS) is 1. The number of nitrogens with one attached hydrogen (secondary N) is 4. The number of aliphatic carboxylic acids is 1. The van der Waals surface area contributed by atoms with Crippen molar-refractivity contribution in [3.63, 3.8) is 0 Å². The first-order valence-electron chi connectivity index (χ1n) is 15.9. The Balaban J connectivity index is 1.21. The minimum Gasteiger partial charge on any atom is -0.496 e. The summed E-state index contributed by atoms with van der Waals surface area (Å²) >= 11 is 13.8. The number of halogens is 3. The Kier molecular flexibility index (Phi) is 10.5. The van der Waals surface area contributed by atoms with Gasteiger partial charge in [0.05, 0.1) is 35.1 Å². The quantitative estimate of drug-likeness (QED) is 0.124. The van der Waals surface area contributed by atoms with Crippen molar-refractivity contribution in [3.8, 4) is 28.0 Å². The Morgan fingerprint density at radius 2 is 1.84 bits per heavy atom. The van der Waals surface area contributed by atoms with Crippen LogP contribution in [0.25, 0.3) is 22.3 Å². The minimum absolute atomic E-state index is 0.0132. The Morgan fingerprint density at radius 3 is 2.57 bits per heavy atom. The van der Waals surface area contributed by atoms with Crippen LogP contribution in [0.2, 0.25) is 10.0 Å². The van der Waals surface area contributed by atoms with Gasteiger partial charge in [-0.05, 0) is 49.1 Å². The van der Waals surface area contributed by atoms with Gasteiger partial charge >= 0.3 is 5.97 Å². The summed E-state index contributed by atoms with van der Waals surface area (Å²) in [5, 5.41) is 26.0. The molecule has 2 atom stereocenters. The third-order valence-corrected chi connectivity index (χ3v) is 9.58. The fourth-order valence-corrected chi connectivity index (χ4v) is 6.93. The summed E-state index contributed by atoms with van der Waals surface area (Å²) in [4.78, 5) is 35.9. The van der Waals surface area contributed by atoms with Crippen LogP contribution in [0.3, 0.4) is 0 Å². The van der Waals surface area contributed by atoms with Gasteiger partial charge in [0.25, 0.3) is 5.91 Å². The largest absolute Gasteiger partial charge is 0.496 e. The van der Waals surface area contributed by atoms with E-state index in [9.17, 15) is 14.4 Å². The second-order valence-electron chi connectivity index (χ2n) is 12.0. The van der Waals surface area contributed by atoms with E-state index in [4.69, 9.17) is 33.0 Å². The molecule has 49 heavy (non-hydrogen) atoms. The van der Waals surface area contributed by atoms with Crippen molar-refractivity contribution >= 4 is 46.7 Å². The average Bonchev–Trinajstić information content (AvgIpc) is 3.72. The Labute approximate surface area is 292 Å². The van der Waals surface area contributed by atoms with Crippen molar-refractivity contribution in [2.75, 3.05) is 25.5 Å². The number of methoxy groups -OCH3 is 1. The number of rotatable bonds is 12. The zero-order chi connectivity index (χ0) is 34.7. The third-order valence-electron chi connectivity index (χ3n) is 8.76. The highest BCUT2D eigenvalue weighted by atomic mass is 35.5. The molecule has 11 nitrogen and oxygen atoms in total. The van der Waals surface area contributed by atoms with Gasteiger partial charge < -0.3 is 25.8 Å². The molecule has 0 aliphatic carbocycles. The van der Waals surface area contributed by atoms with Crippen LogP contribution < -0.4 is 26.0 Å². The van der Waals surface area contributed by atoms with E-state index in [0.29, 0.717) is 63.8 Å². The summed E-state index contributed by atoms with van der Waals surface area (Å²) < 4.78 is 22.8. The molecule has 2 aliphatic heterocycles. The molecule has 5 N–H and O–H groups in total. The molecule has 4 aromatic rings. The van der Waals surface area contributed by atoms with Crippen LogP contribution in [0.1, 0.15) is 53.5 Å². The van der Waals surface area contributed by atoms with Crippen LogP contribution in [-0.2, 0) is 22.7 Å². The molecular weight excluding hydrogens is 674 g/mol. The van der Waals surface area contributed by atoms with Crippen molar-refractivity contribution in [1.82, 2.24) is 25.7 Å². The van der Waals surface area contributed by atoms with Gasteiger partial charge in [0.1, 0.15) is 11.6 Å². The molecule has 3 heterocycles. The normalized spacial score (nSPS) is 17.0. The van der Waals surface area contributed by atoms with E-state index in [-0.39, 0.29) is 41.8 Å². The van der Waals surface area contributed by atoms with Crippen molar-refractivity contribution in [1.29, 1.82) is 0 Å². The molecule has 0 unspecified atom stereocenters. The summed E-state index contributed by atoms with van der Waals surface area (Å²) in [5.74, 6) is -1.52. The number of benzene rings is 3. The highest BCUT2D eigenvalue weighted by Gasteiger charge is 2.26. The van der Waals surface area contributed by atoms with E-state index in [1.165, 1.54) is 13.2 Å². The molecule has 1 aromatic heterocycles. The number of amides is 2. The summed E-state index contributed by atoms with van der Waals surface area (Å²) in [6.45, 7) is 1.15. The van der Waals surface area contributed by atoms with Crippen LogP contribution in [0, 0.1) is 5.82 Å². The van der Waals surface area contributed by atoms with Gasteiger partial charge in [0, 0.05) is 60.4 Å². The monoisotopic (exact) mass is 708 g/mol. The maximum atomic E-state index is 15.5. The maximum absolute atomic E-state index is 15.5. The molecule has 3 aromatic carbocycles. The van der Waals surface area contributed by atoms with E-state index < -0.39 is 17.7 Å². The predicted molar refractivity (Wildman–Crippen MR) is 185 cm³/mol. The van der Waals surface area contributed by atoms with Gasteiger partial charge in [-0.3, -0.25) is 24.4 Å². The number of nitrogens with zero attached hydrogens (tertiary/aromatic N) is 2. The number of carboxylic acids is 1. The van der Waals surface area contributed by atoms with E-state index in [1.54, 1.807) is 53.2 Å². The van der Waals surface area contributed by atoms with Crippen LogP contribution in [0.4, 0.5) is 10.1 Å². The first-order chi connectivity index (χ1) is 23.6. The number of aryl methyl sites for hydroxylation is 1. The first-order valence-corrected chi connectivity index (χ1v) is 16.7. The van der Waals surface area contributed by atoms with E-state index in [1.807, 2.05) is 0 Å². The first kappa shape index (κ1) is 34.4. The molecule has 1 fully saturated rings. The van der Waals surface area contributed by atoms with Gasteiger partial charge in [0.2, 0.25) is 5.91 Å². The van der Waals surface area contributed by atoms with Gasteiger partial charge in [0.15, 0.2) is 5.69 Å². The van der Waals surface area contributed by atoms with Gasteiger partial charge in [-0.15, -0.1) is 0 Å². The zero-order valence-electron chi connectivity index (χ0n) is 26.6. The number of hydrogen-bond donors (Lipinski definition) is 5. The van der Waals surface area contributed by atoms with Crippen molar-refractivity contribution in [3.05, 3.63) is 87.4 Å². The van der Waals surface area contributed by atoms with Gasteiger partial charge in [-0.25, -0.2) is 4.39 Å². The molecule has 0 bridgehead atoms. The highest BCUT2D eigenvalue weighted by molar-refractivity contribution is 6.39. The van der Waals surface area contributed by atoms with Crippen molar-refractivity contribution in [2.24, 2.45) is 0 Å². The van der Waals surface area contributed by atoms with Crippen LogP contribution >= 0.6 is 23.2 Å². The van der Waals surface area contributed by atoms with Gasteiger partial charge in [-0.1, -0.05) is 53.5 Å². The SMILES string of the molecule is COc1cc(-c2cccc(-c3cccc(NC(=O)c4cc5n(n4)CCC[C@@H]5NCC(=O)O)c3Cl)c2Cl)cc(F)c1CNC[C@@H]1CCC(=O)N1. The fraction of sp³-hybridized carbons (Fsp3) is 0.314. The van der Waals surface area contributed by atoms with Crippen LogP contribution in [0.5, 0.6) is 5.75 Å². The Hall–Kier alpha value is -4.49. The number of hydrogen-bond acceptors (Lipinski definition) is 7. The number of anilines is 1. The second kappa shape index (κ2) is 15.0. The number of carbonyl (C=O) groups excluding carboxylic acids is 2. The molecule has 2 aliphatic rings. The summed E-state index contributed by atoms with van der Waals surface area (Å²) in [6, 6.07) is 15.1. The Morgan fingerprint density at radius 1 is 1.08 bits per heavy atom. The molecule has 2 amide bonds. The molecule has 0 radical (unpaired) electrons. The maximum Gasteiger partial charge on any atom is 0.317 e.